The van der Waals surface area contributed by atoms with Crippen LogP contribution in [0, 0.1) is 12.7 Å². The van der Waals surface area contributed by atoms with Crippen molar-refractivity contribution in [3.05, 3.63) is 53.2 Å². The van der Waals surface area contributed by atoms with Crippen molar-refractivity contribution in [1.82, 2.24) is 9.97 Å². The molecule has 19 heavy (non-hydrogen) atoms. The molecule has 5 heteroatoms. The highest BCUT2D eigenvalue weighted by Crippen LogP contribution is 2.20. The molecule has 0 fully saturated rings. The number of alkyl halides is 1. The van der Waals surface area contributed by atoms with Gasteiger partial charge in [0.25, 0.3) is 0 Å². The third-order valence-corrected chi connectivity index (χ3v) is 3.06. The van der Waals surface area contributed by atoms with Gasteiger partial charge >= 0.3 is 0 Å². The molecule has 0 bridgehead atoms. The van der Waals surface area contributed by atoms with Gasteiger partial charge in [-0.05, 0) is 24.6 Å². The highest BCUT2D eigenvalue weighted by atomic mass is 35.5. The molecule has 1 aromatic heterocycles. The van der Waals surface area contributed by atoms with Crippen LogP contribution in [0.3, 0.4) is 0 Å². The second-order valence-electron chi connectivity index (χ2n) is 4.39. The van der Waals surface area contributed by atoms with E-state index in [4.69, 9.17) is 11.6 Å². The third kappa shape index (κ3) is 3.41. The number of hydrogen-bond acceptors (Lipinski definition) is 3. The largest absolute Gasteiger partial charge is 0.355 e. The maximum Gasteiger partial charge on any atom is 0.136 e. The van der Waals surface area contributed by atoms with Crippen molar-refractivity contribution < 1.29 is 4.39 Å². The first-order valence-corrected chi connectivity index (χ1v) is 6.47. The van der Waals surface area contributed by atoms with Crippen LogP contribution < -0.4 is 4.90 Å². The van der Waals surface area contributed by atoms with Gasteiger partial charge in [-0.1, -0.05) is 12.1 Å². The Balaban J connectivity index is 2.24. The molecule has 2 rings (SSSR count). The Hall–Kier alpha value is -1.68. The summed E-state index contributed by atoms with van der Waals surface area (Å²) in [6, 6.07) is 6.54. The van der Waals surface area contributed by atoms with Crippen LogP contribution in [0.5, 0.6) is 0 Å². The predicted octanol–water partition coefficient (Wildman–Crippen LogP) is 3.30. The predicted molar refractivity (Wildman–Crippen MR) is 74.8 cm³/mol. The summed E-state index contributed by atoms with van der Waals surface area (Å²) in [5.41, 5.74) is 1.76. The van der Waals surface area contributed by atoms with Gasteiger partial charge in [0.05, 0.1) is 5.88 Å². The monoisotopic (exact) mass is 279 g/mol. The van der Waals surface area contributed by atoms with Crippen LogP contribution in [0.15, 0.2) is 30.5 Å². The summed E-state index contributed by atoms with van der Waals surface area (Å²) in [5.74, 6) is 1.59. The molecule has 1 heterocycles. The van der Waals surface area contributed by atoms with Crippen molar-refractivity contribution in [2.45, 2.75) is 19.3 Å². The maximum atomic E-state index is 13.2. The number of anilines is 1. The van der Waals surface area contributed by atoms with Crippen molar-refractivity contribution >= 4 is 17.4 Å². The smallest absolute Gasteiger partial charge is 0.136 e. The molecular weight excluding hydrogens is 265 g/mol. The SMILES string of the molecule is Cc1ncc(CCl)c(N(C)Cc2cccc(F)c2)n1. The van der Waals surface area contributed by atoms with Crippen molar-refractivity contribution in [2.24, 2.45) is 0 Å². The van der Waals surface area contributed by atoms with Crippen LogP contribution in [0.4, 0.5) is 10.2 Å². The second-order valence-corrected chi connectivity index (χ2v) is 4.65. The fourth-order valence-corrected chi connectivity index (χ4v) is 2.08. The molecule has 0 unspecified atom stereocenters. The molecule has 100 valence electrons. The van der Waals surface area contributed by atoms with E-state index in [1.54, 1.807) is 12.3 Å². The normalized spacial score (nSPS) is 10.5. The zero-order valence-electron chi connectivity index (χ0n) is 10.9. The molecule has 0 aliphatic heterocycles. The van der Waals surface area contributed by atoms with Crippen LogP contribution in [0.25, 0.3) is 0 Å². The summed E-state index contributed by atoms with van der Waals surface area (Å²) in [6.45, 7) is 2.40. The van der Waals surface area contributed by atoms with Crippen LogP contribution in [0.2, 0.25) is 0 Å². The topological polar surface area (TPSA) is 29.0 Å². The first-order chi connectivity index (χ1) is 9.10. The zero-order valence-corrected chi connectivity index (χ0v) is 11.7. The number of aryl methyl sites for hydroxylation is 1. The molecule has 1 aromatic carbocycles. The highest BCUT2D eigenvalue weighted by molar-refractivity contribution is 6.17. The Bertz CT molecular complexity index is 574. The Labute approximate surface area is 117 Å². The lowest BCUT2D eigenvalue weighted by molar-refractivity contribution is 0.625. The van der Waals surface area contributed by atoms with E-state index in [1.165, 1.54) is 12.1 Å². The standard InChI is InChI=1S/C14H15ClFN3/c1-10-17-8-12(7-15)14(18-10)19(2)9-11-4-3-5-13(16)6-11/h3-6,8H,7,9H2,1-2H3. The molecule has 0 amide bonds. The maximum absolute atomic E-state index is 13.2. The van der Waals surface area contributed by atoms with Crippen LogP contribution in [-0.2, 0) is 12.4 Å². The lowest BCUT2D eigenvalue weighted by Gasteiger charge is -2.20. The van der Waals surface area contributed by atoms with Gasteiger partial charge < -0.3 is 4.90 Å². The van der Waals surface area contributed by atoms with Gasteiger partial charge in [-0.2, -0.15) is 0 Å². The Morgan fingerprint density at radius 2 is 2.16 bits per heavy atom. The number of nitrogens with zero attached hydrogens (tertiary/aromatic N) is 3. The fraction of sp³-hybridized carbons (Fsp3) is 0.286. The number of aromatic nitrogens is 2. The average Bonchev–Trinajstić information content (AvgIpc) is 2.38. The van der Waals surface area contributed by atoms with Gasteiger partial charge in [0.2, 0.25) is 0 Å². The van der Waals surface area contributed by atoms with Gasteiger partial charge in [0.15, 0.2) is 0 Å². The zero-order chi connectivity index (χ0) is 13.8. The first kappa shape index (κ1) is 13.7. The van der Waals surface area contributed by atoms with E-state index in [9.17, 15) is 4.39 Å². The lowest BCUT2D eigenvalue weighted by Crippen LogP contribution is -2.20. The molecule has 0 saturated carbocycles. The van der Waals surface area contributed by atoms with Gasteiger partial charge in [-0.15, -0.1) is 11.6 Å². The molecule has 0 saturated heterocycles. The number of hydrogen-bond donors (Lipinski definition) is 0. The van der Waals surface area contributed by atoms with E-state index in [-0.39, 0.29) is 5.82 Å². The molecule has 2 aromatic rings. The van der Waals surface area contributed by atoms with E-state index in [1.807, 2.05) is 24.9 Å². The minimum atomic E-state index is -0.234. The average molecular weight is 280 g/mol. The molecule has 0 aliphatic rings. The summed E-state index contributed by atoms with van der Waals surface area (Å²) < 4.78 is 13.2. The molecule has 0 atom stereocenters. The van der Waals surface area contributed by atoms with Crippen LogP contribution in [-0.4, -0.2) is 17.0 Å². The Kier molecular flexibility index (Phi) is 4.32. The van der Waals surface area contributed by atoms with Gasteiger partial charge in [0.1, 0.15) is 17.5 Å². The fourth-order valence-electron chi connectivity index (χ4n) is 1.89. The molecule has 0 spiro atoms. The van der Waals surface area contributed by atoms with Crippen LogP contribution in [0.1, 0.15) is 17.0 Å². The molecule has 0 aliphatic carbocycles. The van der Waals surface area contributed by atoms with Gasteiger partial charge in [-0.25, -0.2) is 14.4 Å². The van der Waals surface area contributed by atoms with Crippen molar-refractivity contribution in [3.8, 4) is 0 Å². The van der Waals surface area contributed by atoms with Crippen LogP contribution >= 0.6 is 11.6 Å². The van der Waals surface area contributed by atoms with Gasteiger partial charge in [0, 0.05) is 25.4 Å². The van der Waals surface area contributed by atoms with E-state index in [0.29, 0.717) is 18.2 Å². The summed E-state index contributed by atoms with van der Waals surface area (Å²) in [4.78, 5) is 10.5. The van der Waals surface area contributed by atoms with Crippen molar-refractivity contribution in [2.75, 3.05) is 11.9 Å². The summed E-state index contributed by atoms with van der Waals surface area (Å²) in [6.07, 6.45) is 1.73. The number of halogens is 2. The van der Waals surface area contributed by atoms with Crippen molar-refractivity contribution in [1.29, 1.82) is 0 Å². The van der Waals surface area contributed by atoms with E-state index in [2.05, 4.69) is 9.97 Å². The Morgan fingerprint density at radius 3 is 2.84 bits per heavy atom. The highest BCUT2D eigenvalue weighted by Gasteiger charge is 2.10. The summed E-state index contributed by atoms with van der Waals surface area (Å²) in [7, 11) is 1.91. The van der Waals surface area contributed by atoms with E-state index >= 15 is 0 Å². The Morgan fingerprint density at radius 1 is 1.37 bits per heavy atom. The molecule has 3 nitrogen and oxygen atoms in total. The molecule has 0 N–H and O–H groups in total. The second kappa shape index (κ2) is 5.97. The third-order valence-electron chi connectivity index (χ3n) is 2.78. The minimum absolute atomic E-state index is 0.234. The summed E-state index contributed by atoms with van der Waals surface area (Å²) in [5, 5.41) is 0. The molecular formula is C14H15ClFN3. The molecule has 0 radical (unpaired) electrons. The van der Waals surface area contributed by atoms with Crippen molar-refractivity contribution in [3.63, 3.8) is 0 Å². The quantitative estimate of drug-likeness (QED) is 0.804. The lowest BCUT2D eigenvalue weighted by atomic mass is 10.2. The number of benzene rings is 1. The summed E-state index contributed by atoms with van der Waals surface area (Å²) >= 11 is 5.89. The minimum Gasteiger partial charge on any atom is -0.355 e. The number of rotatable bonds is 4. The first-order valence-electron chi connectivity index (χ1n) is 5.94. The van der Waals surface area contributed by atoms with E-state index < -0.39 is 0 Å². The van der Waals surface area contributed by atoms with Gasteiger partial charge in [-0.3, -0.25) is 0 Å². The van der Waals surface area contributed by atoms with E-state index in [0.717, 1.165) is 16.9 Å².